The van der Waals surface area contributed by atoms with Gasteiger partial charge in [0, 0.05) is 47.6 Å². The zero-order valence-corrected chi connectivity index (χ0v) is 16.2. The number of methoxy groups -OCH3 is 1. The summed E-state index contributed by atoms with van der Waals surface area (Å²) in [6.45, 7) is -15.7. The molecule has 31 heavy (non-hydrogen) atoms. The van der Waals surface area contributed by atoms with Crippen molar-refractivity contribution in [1.82, 2.24) is 14.9 Å². The number of anilines is 2. The largest absolute Gasteiger partial charge is 0.493 e. The summed E-state index contributed by atoms with van der Waals surface area (Å²) in [4.78, 5) is 7.41. The second-order valence-electron chi connectivity index (χ2n) is 5.75. The van der Waals surface area contributed by atoms with Crippen molar-refractivity contribution in [2.24, 2.45) is 0 Å². The predicted molar refractivity (Wildman–Crippen MR) is 118 cm³/mol. The molecule has 0 unspecified atom stereocenters. The minimum Gasteiger partial charge on any atom is -0.493 e. The zero-order valence-electron chi connectivity index (χ0n) is 31.5. The number of rotatable bonds is 8. The van der Waals surface area contributed by atoms with Gasteiger partial charge in [-0.05, 0) is 30.6 Å². The van der Waals surface area contributed by atoms with E-state index in [0.29, 0.717) is 0 Å². The van der Waals surface area contributed by atoms with Crippen LogP contribution in [0, 0.1) is 5.82 Å². The van der Waals surface area contributed by atoms with Crippen LogP contribution in [-0.2, 0) is 4.74 Å². The van der Waals surface area contributed by atoms with Gasteiger partial charge in [0.2, 0.25) is 0 Å². The van der Waals surface area contributed by atoms with Crippen LogP contribution in [-0.4, -0.2) is 61.2 Å². The molecular formula is C22H24ClFN4O3. The monoisotopic (exact) mass is 462 g/mol. The molecule has 1 fully saturated rings. The second kappa shape index (κ2) is 10.1. The van der Waals surface area contributed by atoms with Crippen molar-refractivity contribution in [3.63, 3.8) is 0 Å². The van der Waals surface area contributed by atoms with Crippen LogP contribution in [0.1, 0.15) is 28.3 Å². The lowest BCUT2D eigenvalue weighted by atomic mass is 10.2. The van der Waals surface area contributed by atoms with Gasteiger partial charge in [0.05, 0.1) is 46.9 Å². The first-order chi connectivity index (χ1) is 21.2. The Balaban J connectivity index is 1.94. The van der Waals surface area contributed by atoms with Crippen molar-refractivity contribution in [3.8, 4) is 11.5 Å². The number of aromatic nitrogens is 2. The van der Waals surface area contributed by atoms with Crippen LogP contribution in [0.15, 0.2) is 36.6 Å². The van der Waals surface area contributed by atoms with Crippen molar-refractivity contribution in [2.75, 3.05) is 51.6 Å². The fourth-order valence-electron chi connectivity index (χ4n) is 2.40. The summed E-state index contributed by atoms with van der Waals surface area (Å²) in [5, 5.41) is 1.76. The molecule has 0 atom stereocenters. The average Bonchev–Trinajstić information content (AvgIpc) is 2.89. The molecule has 164 valence electrons. The third-order valence-electron chi connectivity index (χ3n) is 3.78. The number of nitrogens with one attached hydrogen (secondary N) is 1. The quantitative estimate of drug-likeness (QED) is 0.536. The fourth-order valence-corrected chi connectivity index (χ4v) is 2.58. The van der Waals surface area contributed by atoms with E-state index in [1.165, 1.54) is 6.07 Å². The molecule has 0 amide bonds. The van der Waals surface area contributed by atoms with Gasteiger partial charge in [-0.2, -0.15) is 0 Å². The highest BCUT2D eigenvalue weighted by molar-refractivity contribution is 6.31. The summed E-state index contributed by atoms with van der Waals surface area (Å²) in [5.41, 5.74) is -0.549. The first-order valence-electron chi connectivity index (χ1n) is 16.5. The maximum absolute atomic E-state index is 13.8. The standard InChI is InChI=1S/C22H24ClFN4O3/c1-29-20-13-19-16(12-21(20)31-8-2-5-28-6-9-30-10-7-28)22(26-14-25-19)27-15-3-4-18(24)17(23)11-15/h3-4,11-14H,2,5-10H2,1H3,(H,25,26,27)/i1D3,2D2,5D2,6D2,7D2,8D2,12D,13D,14D. The van der Waals surface area contributed by atoms with Gasteiger partial charge >= 0.3 is 0 Å². The number of hydrogen-bond donors (Lipinski definition) is 1. The third kappa shape index (κ3) is 5.33. The van der Waals surface area contributed by atoms with Gasteiger partial charge in [-0.25, -0.2) is 14.4 Å². The third-order valence-corrected chi connectivity index (χ3v) is 4.07. The molecule has 0 aliphatic carbocycles. The molecule has 1 saturated heterocycles. The summed E-state index contributed by atoms with van der Waals surface area (Å²) >= 11 is 5.83. The average molecular weight is 463 g/mol. The van der Waals surface area contributed by atoms with Crippen LogP contribution >= 0.6 is 11.6 Å². The van der Waals surface area contributed by atoms with Crippen LogP contribution in [0.25, 0.3) is 10.9 Å². The molecule has 2 aromatic carbocycles. The maximum atomic E-state index is 13.8. The van der Waals surface area contributed by atoms with Crippen LogP contribution in [0.3, 0.4) is 0 Å². The van der Waals surface area contributed by atoms with E-state index in [9.17, 15) is 4.39 Å². The molecule has 0 radical (unpaired) electrons. The van der Waals surface area contributed by atoms with E-state index >= 15 is 0 Å². The van der Waals surface area contributed by atoms with Gasteiger partial charge in [-0.15, -0.1) is 0 Å². The van der Waals surface area contributed by atoms with E-state index in [2.05, 4.69) is 15.3 Å². The van der Waals surface area contributed by atoms with Crippen molar-refractivity contribution < 1.29 is 40.5 Å². The number of hydrogen-bond acceptors (Lipinski definition) is 7. The summed E-state index contributed by atoms with van der Waals surface area (Å²) < 4.78 is 160. The fraction of sp³-hybridized carbons (Fsp3) is 0.364. The second-order valence-corrected chi connectivity index (χ2v) is 6.15. The lowest BCUT2D eigenvalue weighted by Gasteiger charge is -2.26. The van der Waals surface area contributed by atoms with E-state index < -0.39 is 105 Å². The Bertz CT molecular complexity index is 1700. The zero-order chi connectivity index (χ0) is 35.7. The molecule has 1 aliphatic heterocycles. The highest BCUT2D eigenvalue weighted by atomic mass is 35.5. The van der Waals surface area contributed by atoms with E-state index in [0.717, 1.165) is 12.1 Å². The molecule has 0 saturated carbocycles. The van der Waals surface area contributed by atoms with Gasteiger partial charge < -0.3 is 19.5 Å². The Labute approximate surface area is 207 Å². The van der Waals surface area contributed by atoms with Gasteiger partial charge in [0.25, 0.3) is 0 Å². The molecule has 0 bridgehead atoms. The number of ether oxygens (including phenoxy) is 3. The minimum absolute atomic E-state index is 0.0425. The number of halogens is 2. The molecule has 4 rings (SSSR count). The van der Waals surface area contributed by atoms with E-state index in [1.807, 2.05) is 0 Å². The van der Waals surface area contributed by atoms with Crippen molar-refractivity contribution in [3.05, 3.63) is 47.4 Å². The topological polar surface area (TPSA) is 68.7 Å². The van der Waals surface area contributed by atoms with Crippen molar-refractivity contribution >= 4 is 34.0 Å². The van der Waals surface area contributed by atoms with E-state index in [1.54, 1.807) is 0 Å². The summed E-state index contributed by atoms with van der Waals surface area (Å²) in [6.07, 6.45) is -4.80. The Kier molecular flexibility index (Phi) is 3.07. The maximum Gasteiger partial charge on any atom is 0.162 e. The number of nitrogens with zero attached hydrogens (tertiary/aromatic N) is 3. The predicted octanol–water partition coefficient (Wildman–Crippen LogP) is 4.28. The van der Waals surface area contributed by atoms with Gasteiger partial charge in [-0.3, -0.25) is 4.90 Å². The van der Waals surface area contributed by atoms with Gasteiger partial charge in [-0.1, -0.05) is 11.6 Å². The molecule has 7 nitrogen and oxygen atoms in total. The Hall–Kier alpha value is -2.68. The molecule has 1 aromatic heterocycles. The first kappa shape index (κ1) is 9.44. The molecule has 0 spiro atoms. The highest BCUT2D eigenvalue weighted by Crippen LogP contribution is 2.35. The summed E-state index contributed by atoms with van der Waals surface area (Å²) in [7, 11) is -3.39. The smallest absolute Gasteiger partial charge is 0.162 e. The highest BCUT2D eigenvalue weighted by Gasteiger charge is 2.14. The SMILES string of the molecule is [2H]c1nc(Nc2ccc(F)c(Cl)c2)c2c([2H])c(OC([2H])([2H])C([2H])([2H])C([2H])([2H])N3C([2H])([2H])COCC3([2H])[2H])c(OC([2H])([2H])[2H])c([2H])c2n1. The number of benzene rings is 2. The lowest BCUT2D eigenvalue weighted by Crippen LogP contribution is -2.37. The number of morpholine rings is 1. The molecule has 3 aromatic rings. The van der Waals surface area contributed by atoms with Crippen LogP contribution < -0.4 is 14.8 Å². The normalized spacial score (nSPS) is 27.2. The van der Waals surface area contributed by atoms with Gasteiger partial charge in [0.15, 0.2) is 11.5 Å². The Morgan fingerprint density at radius 1 is 1.35 bits per heavy atom. The Morgan fingerprint density at radius 2 is 2.23 bits per heavy atom. The molecule has 1 aliphatic rings. The van der Waals surface area contributed by atoms with Crippen molar-refractivity contribution in [1.29, 1.82) is 0 Å². The molecule has 1 N–H and O–H groups in total. The van der Waals surface area contributed by atoms with Crippen LogP contribution in [0.4, 0.5) is 15.9 Å². The summed E-state index contributed by atoms with van der Waals surface area (Å²) in [6, 6.07) is 1.21. The van der Waals surface area contributed by atoms with E-state index in [4.69, 9.17) is 47.7 Å². The molecular weight excluding hydrogens is 423 g/mol. The van der Waals surface area contributed by atoms with Gasteiger partial charge in [0.1, 0.15) is 19.3 Å². The van der Waals surface area contributed by atoms with Crippen LogP contribution in [0.2, 0.25) is 5.02 Å². The van der Waals surface area contributed by atoms with Crippen LogP contribution in [0.5, 0.6) is 11.5 Å². The lowest BCUT2D eigenvalue weighted by molar-refractivity contribution is 0.0357. The molecule has 2 heterocycles. The summed E-state index contributed by atoms with van der Waals surface area (Å²) in [5.74, 6) is -3.69. The van der Waals surface area contributed by atoms with E-state index in [-0.39, 0.29) is 15.6 Å². The first-order valence-corrected chi connectivity index (χ1v) is 8.91. The van der Waals surface area contributed by atoms with Crippen molar-refractivity contribution in [2.45, 2.75) is 6.37 Å². The molecule has 9 heteroatoms. The minimum atomic E-state index is -4.04. The number of fused-ring (bicyclic) bond motifs is 1. The Morgan fingerprint density at radius 3 is 3.03 bits per heavy atom.